The number of hydrogen-bond donors (Lipinski definition) is 5. The van der Waals surface area contributed by atoms with E-state index in [0.717, 1.165) is 42.5 Å². The van der Waals surface area contributed by atoms with Crippen LogP contribution in [0.15, 0.2) is 79.8 Å². The van der Waals surface area contributed by atoms with Crippen molar-refractivity contribution < 1.29 is 28.8 Å². The summed E-state index contributed by atoms with van der Waals surface area (Å²) < 4.78 is -0.618. The fraction of sp³-hybridized carbons (Fsp3) is 0.395. The van der Waals surface area contributed by atoms with Crippen molar-refractivity contribution in [3.05, 3.63) is 157 Å². The Labute approximate surface area is 422 Å². The van der Waals surface area contributed by atoms with E-state index in [2.05, 4.69) is 21.3 Å². The van der Waals surface area contributed by atoms with Crippen LogP contribution in [0.25, 0.3) is 0 Å². The molecule has 0 saturated heterocycles. The van der Waals surface area contributed by atoms with Crippen LogP contribution < -0.4 is 49.2 Å². The maximum absolute atomic E-state index is 13.4. The second kappa shape index (κ2) is 27.1. The molecule has 26 heteroatoms. The smallest absolute Gasteiger partial charge is 0.803 e. The van der Waals surface area contributed by atoms with E-state index < -0.39 is 91.9 Å². The molecule has 6 amide bonds. The zero-order valence-corrected chi connectivity index (χ0v) is 40.1. The minimum Gasteiger partial charge on any atom is -0.803 e. The van der Waals surface area contributed by atoms with Crippen LogP contribution in [0.4, 0.5) is 0 Å². The van der Waals surface area contributed by atoms with Gasteiger partial charge in [0, 0.05) is 64.5 Å². The number of amides is 6. The summed E-state index contributed by atoms with van der Waals surface area (Å²) in [5.74, 6) is -5.35. The molecule has 4 aromatic heterocycles. The molecule has 366 valence electrons. The molecule has 6 N–H and O–H groups in total. The van der Waals surface area contributed by atoms with Gasteiger partial charge in [-0.3, -0.25) is 47.9 Å². The standard InChI is InChI=1S/C43H51N11O14.Ca/c1-3-21-45-36(57)28-16-18-30(53(67)40(28)61)38(59)47-26-27(11-4-5-20-44)48-39(60)31-19-17-29(41(62)54(31)68)37(58)46-22-10-25-50(43(64)33-13-9-15-35(56)52(33)66)24-7-6-23-49(2)42(63)32-12-8-14-34(55)51(32)65;/h8-9,12-19,27H,3-7,10-11,20-26,44H2,1-2H3,(H,45,57)(H,46,58)(H,47,59)(H,48,60);/q-4;+2/t27-;/m0./s1. The molecule has 0 aliphatic carbocycles. The molecule has 0 aliphatic heterocycles. The van der Waals surface area contributed by atoms with Crippen LogP contribution in [0.3, 0.4) is 0 Å². The molecule has 0 radical (unpaired) electrons. The van der Waals surface area contributed by atoms with E-state index in [1.807, 2.05) is 0 Å². The third kappa shape index (κ3) is 15.0. The third-order valence-corrected chi connectivity index (χ3v) is 10.4. The molecule has 1 atom stereocenters. The van der Waals surface area contributed by atoms with Gasteiger partial charge in [0.2, 0.25) is 11.1 Å². The Balaban J connectivity index is 0.0000126. The first-order chi connectivity index (χ1) is 32.4. The number of nitrogens with one attached hydrogen (secondary N) is 4. The molecule has 25 nitrogen and oxygen atoms in total. The monoisotopic (exact) mass is 985 g/mol. The average molecular weight is 986 g/mol. The van der Waals surface area contributed by atoms with Gasteiger partial charge in [0.15, 0.2) is 0 Å². The van der Waals surface area contributed by atoms with Crippen LogP contribution in [0, 0.1) is 20.8 Å². The summed E-state index contributed by atoms with van der Waals surface area (Å²) in [4.78, 5) is 129. The van der Waals surface area contributed by atoms with Crippen molar-refractivity contribution in [2.45, 2.75) is 57.9 Å². The van der Waals surface area contributed by atoms with Crippen LogP contribution in [-0.2, 0) is 0 Å². The van der Waals surface area contributed by atoms with E-state index in [4.69, 9.17) is 5.73 Å². The first-order valence-electron chi connectivity index (χ1n) is 21.5. The Morgan fingerprint density at radius 1 is 0.580 bits per heavy atom. The van der Waals surface area contributed by atoms with Gasteiger partial charge >= 0.3 is 37.7 Å². The van der Waals surface area contributed by atoms with Crippen molar-refractivity contribution in [3.8, 4) is 0 Å². The number of rotatable bonds is 24. The van der Waals surface area contributed by atoms with Gasteiger partial charge in [-0.2, -0.15) is 0 Å². The van der Waals surface area contributed by atoms with E-state index in [9.17, 15) is 68.8 Å². The SMILES string of the molecule is CCCNC(=O)c1ccc(C(=O)NC[C@H](CCCCN)NC(=O)c2ccc(C(=O)NCCCN(CCCCN(C)C(=O)c3cccc(=O)n3[O-])C(=O)c3cccc(=O)n3[O-])c(=O)n2[O-])n([O-])c1=O.[Ca+2]. The van der Waals surface area contributed by atoms with Crippen molar-refractivity contribution in [2.75, 3.05) is 52.9 Å². The molecule has 4 aromatic rings. The number of nitrogens with zero attached hydrogens (tertiary/aromatic N) is 6. The molecule has 4 rings (SSSR count). The summed E-state index contributed by atoms with van der Waals surface area (Å²) in [7, 11) is 1.42. The molecule has 0 bridgehead atoms. The van der Waals surface area contributed by atoms with Crippen molar-refractivity contribution in [2.24, 2.45) is 5.73 Å². The Bertz CT molecular complexity index is 2740. The van der Waals surface area contributed by atoms with E-state index in [1.54, 1.807) is 6.92 Å². The van der Waals surface area contributed by atoms with Crippen LogP contribution in [0.2, 0.25) is 0 Å². The quantitative estimate of drug-likeness (QED) is 0.0413. The zero-order chi connectivity index (χ0) is 50.1. The number of unbranched alkanes of at least 4 members (excludes halogenated alkanes) is 2. The second-order valence-electron chi connectivity index (χ2n) is 15.3. The first kappa shape index (κ1) is 56.4. The van der Waals surface area contributed by atoms with Gasteiger partial charge in [0.05, 0.1) is 0 Å². The van der Waals surface area contributed by atoms with Gasteiger partial charge in [-0.1, -0.05) is 25.5 Å². The molecular weight excluding hydrogens is 935 g/mol. The summed E-state index contributed by atoms with van der Waals surface area (Å²) >= 11 is 0. The molecular formula is C43H51CaN11O14-2. The minimum atomic E-state index is -1.38. The van der Waals surface area contributed by atoms with Crippen molar-refractivity contribution in [1.82, 2.24) is 50.0 Å². The minimum absolute atomic E-state index is 0. The summed E-state index contributed by atoms with van der Waals surface area (Å²) in [5, 5.41) is 60.1. The van der Waals surface area contributed by atoms with Crippen LogP contribution in [0.5, 0.6) is 0 Å². The van der Waals surface area contributed by atoms with Gasteiger partial charge in [-0.15, -0.1) is 0 Å². The second-order valence-corrected chi connectivity index (χ2v) is 15.3. The fourth-order valence-corrected chi connectivity index (χ4v) is 6.64. The van der Waals surface area contributed by atoms with Gasteiger partial charge in [-0.05, 0) is 81.5 Å². The molecule has 0 fully saturated rings. The molecule has 0 saturated carbocycles. The molecule has 0 aromatic carbocycles. The molecule has 69 heavy (non-hydrogen) atoms. The van der Waals surface area contributed by atoms with Gasteiger partial charge in [0.1, 0.15) is 33.9 Å². The van der Waals surface area contributed by atoms with Crippen LogP contribution >= 0.6 is 0 Å². The van der Waals surface area contributed by atoms with E-state index in [-0.39, 0.29) is 121 Å². The third-order valence-electron chi connectivity index (χ3n) is 10.4. The van der Waals surface area contributed by atoms with Crippen molar-refractivity contribution >= 4 is 73.2 Å². The van der Waals surface area contributed by atoms with E-state index in [0.29, 0.717) is 32.2 Å². The Morgan fingerprint density at radius 3 is 1.64 bits per heavy atom. The summed E-state index contributed by atoms with van der Waals surface area (Å²) in [5.41, 5.74) is -2.16. The Morgan fingerprint density at radius 2 is 1.09 bits per heavy atom. The average Bonchev–Trinajstić information content (AvgIpc) is 3.32. The summed E-state index contributed by atoms with van der Waals surface area (Å²) in [6.07, 6.45) is 2.34. The first-order valence-corrected chi connectivity index (χ1v) is 21.5. The maximum atomic E-state index is 13.4. The molecule has 0 unspecified atom stereocenters. The van der Waals surface area contributed by atoms with E-state index >= 15 is 0 Å². The predicted octanol–water partition coefficient (Wildman–Crippen LogP) is -1.05. The predicted molar refractivity (Wildman–Crippen MR) is 252 cm³/mol. The Hall–Kier alpha value is -6.96. The molecule has 0 spiro atoms. The Kier molecular flexibility index (Phi) is 22.2. The van der Waals surface area contributed by atoms with E-state index in [1.165, 1.54) is 35.0 Å². The maximum Gasteiger partial charge on any atom is 2.00 e. The summed E-state index contributed by atoms with van der Waals surface area (Å²) in [6, 6.07) is 9.92. The normalized spacial score (nSPS) is 11.1. The van der Waals surface area contributed by atoms with Gasteiger partial charge in [0.25, 0.3) is 46.6 Å². The topological polar surface area (TPSA) is 363 Å². The number of nitrogens with two attached hydrogens (primary N) is 1. The zero-order valence-electron chi connectivity index (χ0n) is 37.9. The van der Waals surface area contributed by atoms with Crippen LogP contribution in [0.1, 0.15) is 115 Å². The molecule has 0 aliphatic rings. The van der Waals surface area contributed by atoms with Gasteiger partial charge < -0.3 is 76.6 Å². The van der Waals surface area contributed by atoms with Crippen molar-refractivity contribution in [3.63, 3.8) is 0 Å². The largest absolute Gasteiger partial charge is 2.00 e. The van der Waals surface area contributed by atoms with Crippen molar-refractivity contribution in [1.29, 1.82) is 0 Å². The molecule has 4 heterocycles. The fourth-order valence-electron chi connectivity index (χ4n) is 6.64. The summed E-state index contributed by atoms with van der Waals surface area (Å²) in [6.45, 7) is 1.91. The number of hydrogen-bond acceptors (Lipinski definition) is 15. The number of carbonyl (C=O) groups is 6. The number of pyridine rings is 4. The van der Waals surface area contributed by atoms with Crippen LogP contribution in [-0.4, -0.2) is 161 Å². The number of carbonyl (C=O) groups excluding carboxylic acids is 6. The van der Waals surface area contributed by atoms with Gasteiger partial charge in [-0.25, -0.2) is 0 Å². The number of aromatic nitrogens is 4.